The van der Waals surface area contributed by atoms with E-state index in [0.717, 1.165) is 27.6 Å². The molecule has 2 N–H and O–H groups in total. The molecule has 4 aromatic rings. The smallest absolute Gasteiger partial charge is 0.241 e. The van der Waals surface area contributed by atoms with Crippen molar-refractivity contribution in [3.8, 4) is 5.75 Å². The van der Waals surface area contributed by atoms with Crippen LogP contribution in [0.4, 0.5) is 0 Å². The molecule has 0 atom stereocenters. The quantitative estimate of drug-likeness (QED) is 0.414. The van der Waals surface area contributed by atoms with Crippen molar-refractivity contribution in [3.05, 3.63) is 72.1 Å². The lowest BCUT2D eigenvalue weighted by atomic mass is 10.0. The Morgan fingerprint density at radius 3 is 2.82 bits per heavy atom. The number of phenols is 1. The fourth-order valence-electron chi connectivity index (χ4n) is 3.34. The summed E-state index contributed by atoms with van der Waals surface area (Å²) in [5, 5.41) is 16.0. The summed E-state index contributed by atoms with van der Waals surface area (Å²) in [5.41, 5.74) is 5.05. The van der Waals surface area contributed by atoms with Gasteiger partial charge in [0.2, 0.25) is 5.91 Å². The summed E-state index contributed by atoms with van der Waals surface area (Å²) in [4.78, 5) is 16.7. The third kappa shape index (κ3) is 3.44. The van der Waals surface area contributed by atoms with Gasteiger partial charge in [-0.1, -0.05) is 42.5 Å². The number of nitrogens with zero attached hydrogens (tertiary/aromatic N) is 3. The number of imidazole rings is 1. The molecule has 4 rings (SSSR count). The lowest BCUT2D eigenvalue weighted by Crippen LogP contribution is -2.19. The second-order valence-corrected chi connectivity index (χ2v) is 6.56. The predicted molar refractivity (Wildman–Crippen MR) is 110 cm³/mol. The Hall–Kier alpha value is -3.67. The van der Waals surface area contributed by atoms with Gasteiger partial charge in [0, 0.05) is 18.5 Å². The van der Waals surface area contributed by atoms with Crippen molar-refractivity contribution in [2.24, 2.45) is 5.10 Å². The molecular formula is C22H20N4O2. The highest BCUT2D eigenvalue weighted by molar-refractivity contribution is 6.02. The summed E-state index contributed by atoms with van der Waals surface area (Å²) in [7, 11) is 0. The van der Waals surface area contributed by atoms with Crippen molar-refractivity contribution >= 4 is 33.9 Å². The van der Waals surface area contributed by atoms with Crippen LogP contribution in [0, 0.1) is 6.92 Å². The van der Waals surface area contributed by atoms with Gasteiger partial charge in [-0.15, -0.1) is 0 Å². The number of nitrogens with one attached hydrogen (secondary N) is 1. The minimum Gasteiger partial charge on any atom is -0.507 e. The average molecular weight is 372 g/mol. The number of hydrogen-bond acceptors (Lipinski definition) is 4. The van der Waals surface area contributed by atoms with E-state index in [1.165, 1.54) is 6.21 Å². The molecule has 6 heteroatoms. The van der Waals surface area contributed by atoms with Crippen LogP contribution < -0.4 is 5.43 Å². The molecule has 0 aliphatic carbocycles. The molecule has 0 unspecified atom stereocenters. The highest BCUT2D eigenvalue weighted by Gasteiger charge is 2.09. The molecule has 0 radical (unpaired) electrons. The zero-order valence-electron chi connectivity index (χ0n) is 15.5. The van der Waals surface area contributed by atoms with Crippen LogP contribution in [0.2, 0.25) is 0 Å². The summed E-state index contributed by atoms with van der Waals surface area (Å²) in [6.45, 7) is 2.45. The maximum atomic E-state index is 12.2. The zero-order valence-corrected chi connectivity index (χ0v) is 15.5. The van der Waals surface area contributed by atoms with E-state index in [2.05, 4.69) is 15.5 Å². The van der Waals surface area contributed by atoms with Crippen LogP contribution in [0.15, 0.2) is 65.8 Å². The molecule has 1 amide bonds. The van der Waals surface area contributed by atoms with Gasteiger partial charge in [-0.2, -0.15) is 5.10 Å². The molecule has 140 valence electrons. The van der Waals surface area contributed by atoms with Gasteiger partial charge in [0.25, 0.3) is 0 Å². The van der Waals surface area contributed by atoms with Crippen LogP contribution in [0.25, 0.3) is 21.8 Å². The largest absolute Gasteiger partial charge is 0.507 e. The van der Waals surface area contributed by atoms with Gasteiger partial charge < -0.3 is 9.67 Å². The van der Waals surface area contributed by atoms with Crippen LogP contribution >= 0.6 is 0 Å². The van der Waals surface area contributed by atoms with Gasteiger partial charge in [-0.05, 0) is 35.9 Å². The number of fused-ring (bicyclic) bond motifs is 2. The van der Waals surface area contributed by atoms with Crippen LogP contribution in [0.3, 0.4) is 0 Å². The first-order valence-corrected chi connectivity index (χ1v) is 9.08. The average Bonchev–Trinajstić information content (AvgIpc) is 3.03. The van der Waals surface area contributed by atoms with E-state index in [1.807, 2.05) is 66.1 Å². The summed E-state index contributed by atoms with van der Waals surface area (Å²) < 4.78 is 2.02. The van der Waals surface area contributed by atoms with E-state index in [4.69, 9.17) is 0 Å². The van der Waals surface area contributed by atoms with E-state index in [1.54, 1.807) is 6.07 Å². The van der Waals surface area contributed by atoms with Gasteiger partial charge in [0.15, 0.2) is 0 Å². The Bertz CT molecular complexity index is 1190. The molecule has 0 saturated carbocycles. The van der Waals surface area contributed by atoms with E-state index in [0.29, 0.717) is 12.1 Å². The fraction of sp³-hybridized carbons (Fsp3) is 0.136. The van der Waals surface area contributed by atoms with Gasteiger partial charge >= 0.3 is 0 Å². The van der Waals surface area contributed by atoms with Crippen molar-refractivity contribution < 1.29 is 9.90 Å². The molecule has 0 saturated heterocycles. The minimum atomic E-state index is -0.201. The normalized spacial score (nSPS) is 11.5. The number of hydrogen-bond donors (Lipinski definition) is 2. The van der Waals surface area contributed by atoms with Crippen molar-refractivity contribution in [1.29, 1.82) is 0 Å². The Morgan fingerprint density at radius 1 is 1.14 bits per heavy atom. The van der Waals surface area contributed by atoms with Gasteiger partial charge in [-0.25, -0.2) is 10.4 Å². The maximum absolute atomic E-state index is 12.2. The summed E-state index contributed by atoms with van der Waals surface area (Å²) in [5.74, 6) is 0.795. The topological polar surface area (TPSA) is 79.5 Å². The number of hydrazone groups is 1. The number of rotatable bonds is 5. The third-order valence-corrected chi connectivity index (χ3v) is 4.74. The number of phenolic OH excluding ortho intramolecular Hbond substituents is 1. The fourth-order valence-corrected chi connectivity index (χ4v) is 3.34. The highest BCUT2D eigenvalue weighted by atomic mass is 16.3. The van der Waals surface area contributed by atoms with E-state index in [-0.39, 0.29) is 18.1 Å². The molecule has 3 aromatic carbocycles. The SMILES string of the molecule is Cc1nc2ccccc2n1CCC(=O)N/N=C\c1c(O)ccc2ccccc12. The highest BCUT2D eigenvalue weighted by Crippen LogP contribution is 2.25. The van der Waals surface area contributed by atoms with E-state index in [9.17, 15) is 9.90 Å². The minimum absolute atomic E-state index is 0.122. The van der Waals surface area contributed by atoms with Crippen molar-refractivity contribution in [1.82, 2.24) is 15.0 Å². The molecule has 1 heterocycles. The molecule has 0 aliphatic rings. The van der Waals surface area contributed by atoms with Gasteiger partial charge in [-0.3, -0.25) is 4.79 Å². The van der Waals surface area contributed by atoms with Gasteiger partial charge in [0.05, 0.1) is 17.2 Å². The number of amides is 1. The summed E-state index contributed by atoms with van der Waals surface area (Å²) in [6, 6.07) is 19.0. The van der Waals surface area contributed by atoms with Crippen molar-refractivity contribution in [3.63, 3.8) is 0 Å². The van der Waals surface area contributed by atoms with Crippen molar-refractivity contribution in [2.75, 3.05) is 0 Å². The first kappa shape index (κ1) is 17.7. The maximum Gasteiger partial charge on any atom is 0.241 e. The monoisotopic (exact) mass is 372 g/mol. The summed E-state index contributed by atoms with van der Waals surface area (Å²) in [6.07, 6.45) is 1.76. The van der Waals surface area contributed by atoms with Crippen molar-refractivity contribution in [2.45, 2.75) is 19.9 Å². The molecular weight excluding hydrogens is 352 g/mol. The first-order chi connectivity index (χ1) is 13.6. The number of aryl methyl sites for hydroxylation is 2. The third-order valence-electron chi connectivity index (χ3n) is 4.74. The number of para-hydroxylation sites is 2. The predicted octanol–water partition coefficient (Wildman–Crippen LogP) is 3.74. The van der Waals surface area contributed by atoms with Crippen LogP contribution in [-0.4, -0.2) is 26.8 Å². The summed E-state index contributed by atoms with van der Waals surface area (Å²) >= 11 is 0. The molecule has 0 bridgehead atoms. The number of carbonyl (C=O) groups is 1. The molecule has 28 heavy (non-hydrogen) atoms. The number of aromatic nitrogens is 2. The van der Waals surface area contributed by atoms with E-state index >= 15 is 0 Å². The number of carbonyl (C=O) groups excluding carboxylic acids is 1. The van der Waals surface area contributed by atoms with Crippen LogP contribution in [-0.2, 0) is 11.3 Å². The Morgan fingerprint density at radius 2 is 1.93 bits per heavy atom. The second kappa shape index (κ2) is 7.52. The second-order valence-electron chi connectivity index (χ2n) is 6.56. The Kier molecular flexibility index (Phi) is 4.76. The first-order valence-electron chi connectivity index (χ1n) is 9.08. The number of aromatic hydroxyl groups is 1. The molecule has 1 aromatic heterocycles. The molecule has 0 spiro atoms. The standard InChI is InChI=1S/C22H20N4O2/c1-15-24-19-8-4-5-9-20(19)26(15)13-12-22(28)25-23-14-18-17-7-3-2-6-16(17)10-11-21(18)27/h2-11,14,27H,12-13H2,1H3,(H,25,28)/b23-14-. The Labute approximate surface area is 162 Å². The molecule has 6 nitrogen and oxygen atoms in total. The van der Waals surface area contributed by atoms with Crippen LogP contribution in [0.5, 0.6) is 5.75 Å². The lowest BCUT2D eigenvalue weighted by molar-refractivity contribution is -0.121. The Balaban J connectivity index is 1.44. The van der Waals surface area contributed by atoms with Gasteiger partial charge in [0.1, 0.15) is 11.6 Å². The lowest BCUT2D eigenvalue weighted by Gasteiger charge is -2.06. The molecule has 0 fully saturated rings. The zero-order chi connectivity index (χ0) is 19.5. The van der Waals surface area contributed by atoms with E-state index < -0.39 is 0 Å². The van der Waals surface area contributed by atoms with Crippen LogP contribution in [0.1, 0.15) is 17.8 Å². The molecule has 0 aliphatic heterocycles. The number of benzene rings is 3.